The summed E-state index contributed by atoms with van der Waals surface area (Å²) in [6, 6.07) is 1.96. The van der Waals surface area contributed by atoms with Gasteiger partial charge in [0.1, 0.15) is 0 Å². The largest absolute Gasteiger partial charge is 0.388 e. The third-order valence-electron chi connectivity index (χ3n) is 3.73. The number of nitrogens with one attached hydrogen (secondary N) is 1. The molecule has 1 heterocycles. The van der Waals surface area contributed by atoms with Gasteiger partial charge in [0.05, 0.1) is 11.5 Å². The molecule has 0 aliphatic heterocycles. The van der Waals surface area contributed by atoms with Crippen LogP contribution < -0.4 is 5.32 Å². The molecule has 0 aliphatic rings. The van der Waals surface area contributed by atoms with Crippen LogP contribution in [0.5, 0.6) is 0 Å². The van der Waals surface area contributed by atoms with Crippen molar-refractivity contribution >= 4 is 17.2 Å². The summed E-state index contributed by atoms with van der Waals surface area (Å²) in [5, 5.41) is 17.0. The zero-order chi connectivity index (χ0) is 13.8. The maximum absolute atomic E-state index is 12.0. The van der Waals surface area contributed by atoms with Gasteiger partial charge in [-0.1, -0.05) is 20.3 Å². The summed E-state index contributed by atoms with van der Waals surface area (Å²) >= 11 is 1.59. The summed E-state index contributed by atoms with van der Waals surface area (Å²) in [6.45, 7) is 7.99. The zero-order valence-electron chi connectivity index (χ0n) is 11.6. The van der Waals surface area contributed by atoms with Crippen molar-refractivity contribution in [2.75, 3.05) is 6.54 Å². The van der Waals surface area contributed by atoms with Crippen LogP contribution in [-0.2, 0) is 4.79 Å². The van der Waals surface area contributed by atoms with Crippen LogP contribution in [0.3, 0.4) is 0 Å². The van der Waals surface area contributed by atoms with Crippen molar-refractivity contribution in [3.05, 3.63) is 22.4 Å². The summed E-state index contributed by atoms with van der Waals surface area (Å²) in [5.41, 5.74) is 0.180. The Morgan fingerprint density at radius 3 is 2.72 bits per heavy atom. The predicted molar refractivity (Wildman–Crippen MR) is 75.8 cm³/mol. The normalized spacial score (nSPS) is 17.8. The first-order valence-corrected chi connectivity index (χ1v) is 7.35. The van der Waals surface area contributed by atoms with E-state index in [2.05, 4.69) is 5.32 Å². The summed E-state index contributed by atoms with van der Waals surface area (Å²) in [6.07, 6.45) is 0.892. The Morgan fingerprint density at radius 1 is 1.56 bits per heavy atom. The zero-order valence-corrected chi connectivity index (χ0v) is 12.4. The second-order valence-corrected chi connectivity index (χ2v) is 5.94. The Kier molecular flexibility index (Phi) is 5.35. The van der Waals surface area contributed by atoms with Gasteiger partial charge in [0.25, 0.3) is 0 Å². The molecule has 0 radical (unpaired) electrons. The number of thiophene rings is 1. The van der Waals surface area contributed by atoms with E-state index in [-0.39, 0.29) is 17.7 Å². The molecule has 2 N–H and O–H groups in total. The minimum absolute atomic E-state index is 0.0306. The van der Waals surface area contributed by atoms with Gasteiger partial charge >= 0.3 is 0 Å². The minimum atomic E-state index is -0.848. The number of hydrogen-bond donors (Lipinski definition) is 2. The molecule has 1 rings (SSSR count). The number of carbonyl (C=O) groups excluding carboxylic acids is 1. The molecule has 4 heteroatoms. The van der Waals surface area contributed by atoms with E-state index >= 15 is 0 Å². The maximum Gasteiger partial charge on any atom is 0.227 e. The van der Waals surface area contributed by atoms with Crippen LogP contribution in [-0.4, -0.2) is 23.2 Å². The highest BCUT2D eigenvalue weighted by Gasteiger charge is 2.28. The van der Waals surface area contributed by atoms with E-state index in [1.165, 1.54) is 0 Å². The standard InChI is InChI=1S/C14H23NO2S/c1-5-10(2)14(4,17)9-15-13(16)11(3)12-6-7-18-8-12/h6-8,10-11,17H,5,9H2,1-4H3,(H,15,16). The summed E-state index contributed by atoms with van der Waals surface area (Å²) < 4.78 is 0. The first-order chi connectivity index (χ1) is 8.38. The van der Waals surface area contributed by atoms with Gasteiger partial charge in [0, 0.05) is 6.54 Å². The molecule has 0 aliphatic carbocycles. The van der Waals surface area contributed by atoms with Gasteiger partial charge < -0.3 is 10.4 Å². The monoisotopic (exact) mass is 269 g/mol. The van der Waals surface area contributed by atoms with E-state index in [1.54, 1.807) is 18.3 Å². The number of amides is 1. The maximum atomic E-state index is 12.0. The van der Waals surface area contributed by atoms with E-state index in [1.807, 2.05) is 37.6 Å². The van der Waals surface area contributed by atoms with Crippen LogP contribution in [0.2, 0.25) is 0 Å². The molecule has 3 nitrogen and oxygen atoms in total. The van der Waals surface area contributed by atoms with Gasteiger partial charge in [-0.05, 0) is 42.2 Å². The smallest absolute Gasteiger partial charge is 0.227 e. The topological polar surface area (TPSA) is 49.3 Å². The highest BCUT2D eigenvalue weighted by atomic mass is 32.1. The molecular formula is C14H23NO2S. The quantitative estimate of drug-likeness (QED) is 0.834. The Labute approximate surface area is 113 Å². The van der Waals surface area contributed by atoms with Gasteiger partial charge in [-0.2, -0.15) is 11.3 Å². The molecule has 18 heavy (non-hydrogen) atoms. The Balaban J connectivity index is 2.51. The van der Waals surface area contributed by atoms with Crippen LogP contribution in [0.1, 0.15) is 45.6 Å². The summed E-state index contributed by atoms with van der Waals surface area (Å²) in [5.74, 6) is -0.0322. The van der Waals surface area contributed by atoms with Crippen molar-refractivity contribution in [3.8, 4) is 0 Å². The molecular weight excluding hydrogens is 246 g/mol. The Bertz CT molecular complexity index is 373. The minimum Gasteiger partial charge on any atom is -0.388 e. The molecule has 3 unspecified atom stereocenters. The predicted octanol–water partition coefficient (Wildman–Crippen LogP) is 2.76. The van der Waals surface area contributed by atoms with Gasteiger partial charge in [0.15, 0.2) is 0 Å². The van der Waals surface area contributed by atoms with Crippen molar-refractivity contribution < 1.29 is 9.90 Å². The third-order valence-corrected chi connectivity index (χ3v) is 4.43. The second kappa shape index (κ2) is 6.34. The molecule has 1 aromatic rings. The number of hydrogen-bond acceptors (Lipinski definition) is 3. The molecule has 0 saturated heterocycles. The van der Waals surface area contributed by atoms with Crippen molar-refractivity contribution in [1.82, 2.24) is 5.32 Å². The van der Waals surface area contributed by atoms with E-state index in [0.29, 0.717) is 6.54 Å². The number of carbonyl (C=O) groups is 1. The number of rotatable bonds is 6. The van der Waals surface area contributed by atoms with Crippen LogP contribution in [0.25, 0.3) is 0 Å². The lowest BCUT2D eigenvalue weighted by atomic mass is 9.88. The number of aliphatic hydroxyl groups is 1. The fraction of sp³-hybridized carbons (Fsp3) is 0.643. The lowest BCUT2D eigenvalue weighted by molar-refractivity contribution is -0.123. The lowest BCUT2D eigenvalue weighted by Crippen LogP contribution is -2.45. The molecule has 0 fully saturated rings. The molecule has 0 bridgehead atoms. The van der Waals surface area contributed by atoms with Crippen molar-refractivity contribution in [1.29, 1.82) is 0 Å². The van der Waals surface area contributed by atoms with Crippen LogP contribution in [0.15, 0.2) is 16.8 Å². The van der Waals surface area contributed by atoms with Gasteiger partial charge in [-0.3, -0.25) is 4.79 Å². The average molecular weight is 269 g/mol. The third kappa shape index (κ3) is 3.82. The van der Waals surface area contributed by atoms with Crippen LogP contribution in [0, 0.1) is 5.92 Å². The molecule has 0 aromatic carbocycles. The average Bonchev–Trinajstić information content (AvgIpc) is 2.87. The first kappa shape index (κ1) is 15.2. The van der Waals surface area contributed by atoms with Crippen molar-refractivity contribution in [2.24, 2.45) is 5.92 Å². The van der Waals surface area contributed by atoms with Gasteiger partial charge in [0.2, 0.25) is 5.91 Å². The summed E-state index contributed by atoms with van der Waals surface area (Å²) in [4.78, 5) is 12.0. The molecule has 3 atom stereocenters. The van der Waals surface area contributed by atoms with E-state index in [0.717, 1.165) is 12.0 Å². The van der Waals surface area contributed by atoms with E-state index < -0.39 is 5.60 Å². The Morgan fingerprint density at radius 2 is 2.22 bits per heavy atom. The van der Waals surface area contributed by atoms with Crippen molar-refractivity contribution in [2.45, 2.75) is 45.6 Å². The van der Waals surface area contributed by atoms with E-state index in [9.17, 15) is 9.90 Å². The highest BCUT2D eigenvalue weighted by Crippen LogP contribution is 2.21. The molecule has 102 valence electrons. The SMILES string of the molecule is CCC(C)C(C)(O)CNC(=O)C(C)c1ccsc1. The van der Waals surface area contributed by atoms with Crippen molar-refractivity contribution in [3.63, 3.8) is 0 Å². The van der Waals surface area contributed by atoms with E-state index in [4.69, 9.17) is 0 Å². The van der Waals surface area contributed by atoms with Gasteiger partial charge in [-0.25, -0.2) is 0 Å². The lowest BCUT2D eigenvalue weighted by Gasteiger charge is -2.30. The molecule has 1 aromatic heterocycles. The van der Waals surface area contributed by atoms with Crippen LogP contribution >= 0.6 is 11.3 Å². The Hall–Kier alpha value is -0.870. The first-order valence-electron chi connectivity index (χ1n) is 6.40. The van der Waals surface area contributed by atoms with Crippen LogP contribution in [0.4, 0.5) is 0 Å². The fourth-order valence-electron chi connectivity index (χ4n) is 1.71. The molecule has 0 spiro atoms. The fourth-order valence-corrected chi connectivity index (χ4v) is 2.46. The highest BCUT2D eigenvalue weighted by molar-refractivity contribution is 7.08. The summed E-state index contributed by atoms with van der Waals surface area (Å²) in [7, 11) is 0. The molecule has 1 amide bonds. The molecule has 0 saturated carbocycles. The second-order valence-electron chi connectivity index (χ2n) is 5.16. The van der Waals surface area contributed by atoms with Gasteiger partial charge in [-0.15, -0.1) is 0 Å².